The van der Waals surface area contributed by atoms with E-state index in [0.29, 0.717) is 12.1 Å². The van der Waals surface area contributed by atoms with Crippen molar-refractivity contribution < 1.29 is 0 Å². The van der Waals surface area contributed by atoms with E-state index >= 15 is 0 Å². The van der Waals surface area contributed by atoms with Crippen molar-refractivity contribution in [3.05, 3.63) is 40.7 Å². The first kappa shape index (κ1) is 32.1. The van der Waals surface area contributed by atoms with Crippen LogP contribution in [0.5, 0.6) is 0 Å². The molecule has 228 valence electrons. The molecule has 1 aromatic rings. The summed E-state index contributed by atoms with van der Waals surface area (Å²) in [5.41, 5.74) is 3.93. The first-order valence-corrected chi connectivity index (χ1v) is 16.2. The molecule has 1 saturated heterocycles. The summed E-state index contributed by atoms with van der Waals surface area (Å²) in [4.78, 5) is 22.4. The SMILES string of the molecule is C=C(CC(C)(C)C)N1CCCN(c2nccc(C(C)(C)CC(=N)[C@H]3CCCC4=C3C(C#N)C(N=CN(C)C)S4)n2)CC1. The fourth-order valence-electron chi connectivity index (χ4n) is 6.38. The van der Waals surface area contributed by atoms with Crippen LogP contribution in [0.15, 0.2) is 40.0 Å². The highest BCUT2D eigenvalue weighted by molar-refractivity contribution is 8.04. The van der Waals surface area contributed by atoms with Crippen molar-refractivity contribution in [2.45, 2.75) is 83.9 Å². The first-order valence-electron chi connectivity index (χ1n) is 15.4. The van der Waals surface area contributed by atoms with Gasteiger partial charge in [-0.1, -0.05) is 41.2 Å². The lowest BCUT2D eigenvalue weighted by Crippen LogP contribution is -2.33. The summed E-state index contributed by atoms with van der Waals surface area (Å²) in [6, 6.07) is 4.55. The zero-order valence-electron chi connectivity index (χ0n) is 26.8. The minimum absolute atomic E-state index is 0.00354. The average Bonchev–Trinajstić information content (AvgIpc) is 3.09. The number of anilines is 1. The summed E-state index contributed by atoms with van der Waals surface area (Å²) in [5.74, 6) is 0.503. The quantitative estimate of drug-likeness (QED) is 0.260. The maximum atomic E-state index is 10.1. The highest BCUT2D eigenvalue weighted by atomic mass is 32.2. The monoisotopic (exact) mass is 590 g/mol. The van der Waals surface area contributed by atoms with E-state index < -0.39 is 0 Å². The van der Waals surface area contributed by atoms with Gasteiger partial charge in [-0.2, -0.15) is 5.26 Å². The molecule has 1 fully saturated rings. The van der Waals surface area contributed by atoms with Gasteiger partial charge in [0.05, 0.1) is 18.1 Å². The van der Waals surface area contributed by atoms with Gasteiger partial charge in [-0.3, -0.25) is 4.99 Å². The molecule has 8 nitrogen and oxygen atoms in total. The number of nitrogens with one attached hydrogen (secondary N) is 1. The number of allylic oxidation sites excluding steroid dienone is 2. The predicted octanol–water partition coefficient (Wildman–Crippen LogP) is 6.48. The minimum Gasteiger partial charge on any atom is -0.373 e. The molecular weight excluding hydrogens is 540 g/mol. The Balaban J connectivity index is 1.45. The van der Waals surface area contributed by atoms with Gasteiger partial charge in [0.2, 0.25) is 5.95 Å². The summed E-state index contributed by atoms with van der Waals surface area (Å²) < 4.78 is 0. The summed E-state index contributed by atoms with van der Waals surface area (Å²) in [6.07, 6.45) is 9.28. The Kier molecular flexibility index (Phi) is 10.1. The second-order valence-electron chi connectivity index (χ2n) is 14.1. The Morgan fingerprint density at radius 2 is 1.95 bits per heavy atom. The molecule has 0 aromatic carbocycles. The van der Waals surface area contributed by atoms with Crippen LogP contribution in [0.1, 0.15) is 78.8 Å². The standard InChI is InChI=1S/C33H50N8S/c1-23(19-32(2,3)4)40-15-10-16-41(18-17-40)31-36-14-13-28(38-31)33(5,6)20-26(35)24-11-9-12-27-29(24)25(21-34)30(42-27)37-22-39(7)8/h13-14,22,24-25,30,35H,1,9-12,15-20H2,2-8H3/t24-,25?,30?/m1/s1. The number of aliphatic imine (C=N–C) groups is 1. The topological polar surface area (TPSA) is 95.5 Å². The third kappa shape index (κ3) is 7.75. The van der Waals surface area contributed by atoms with E-state index in [4.69, 9.17) is 9.98 Å². The average molecular weight is 591 g/mol. The second kappa shape index (κ2) is 13.2. The molecule has 0 spiro atoms. The van der Waals surface area contributed by atoms with Crippen molar-refractivity contribution in [1.29, 1.82) is 10.7 Å². The summed E-state index contributed by atoms with van der Waals surface area (Å²) in [6.45, 7) is 19.3. The molecule has 4 rings (SSSR count). The van der Waals surface area contributed by atoms with E-state index in [9.17, 15) is 10.7 Å². The maximum Gasteiger partial charge on any atom is 0.225 e. The van der Waals surface area contributed by atoms with Crippen LogP contribution in [0, 0.1) is 34.0 Å². The van der Waals surface area contributed by atoms with Crippen LogP contribution in [0.3, 0.4) is 0 Å². The lowest BCUT2D eigenvalue weighted by atomic mass is 9.73. The Morgan fingerprint density at radius 3 is 2.64 bits per heavy atom. The van der Waals surface area contributed by atoms with Gasteiger partial charge in [0, 0.05) is 69.2 Å². The third-order valence-electron chi connectivity index (χ3n) is 8.41. The molecule has 2 unspecified atom stereocenters. The van der Waals surface area contributed by atoms with Crippen molar-refractivity contribution in [1.82, 2.24) is 19.8 Å². The Morgan fingerprint density at radius 1 is 1.19 bits per heavy atom. The van der Waals surface area contributed by atoms with Gasteiger partial charge < -0.3 is 20.1 Å². The fourth-order valence-corrected chi connectivity index (χ4v) is 7.80. The molecule has 0 radical (unpaired) electrons. The molecule has 1 aliphatic carbocycles. The van der Waals surface area contributed by atoms with Crippen molar-refractivity contribution in [2.24, 2.45) is 22.2 Å². The second-order valence-corrected chi connectivity index (χ2v) is 15.3. The van der Waals surface area contributed by atoms with Gasteiger partial charge in [-0.15, -0.1) is 11.8 Å². The van der Waals surface area contributed by atoms with Crippen LogP contribution >= 0.6 is 11.8 Å². The maximum absolute atomic E-state index is 10.1. The molecule has 1 aromatic heterocycles. The van der Waals surface area contributed by atoms with Crippen molar-refractivity contribution in [3.63, 3.8) is 0 Å². The van der Waals surface area contributed by atoms with Gasteiger partial charge in [-0.05, 0) is 60.5 Å². The van der Waals surface area contributed by atoms with Crippen LogP contribution in [0.2, 0.25) is 0 Å². The van der Waals surface area contributed by atoms with E-state index in [1.54, 1.807) is 18.1 Å². The Bertz CT molecular complexity index is 1250. The number of aromatic nitrogens is 2. The lowest BCUT2D eigenvalue weighted by Gasteiger charge is -2.32. The zero-order chi connectivity index (χ0) is 30.7. The molecule has 1 N–H and O–H groups in total. The van der Waals surface area contributed by atoms with Gasteiger partial charge in [0.25, 0.3) is 0 Å². The number of thioether (sulfide) groups is 1. The Hall–Kier alpha value is -2.86. The van der Waals surface area contributed by atoms with Crippen LogP contribution in [-0.4, -0.2) is 77.5 Å². The van der Waals surface area contributed by atoms with Crippen LogP contribution in [0.25, 0.3) is 0 Å². The molecule has 3 atom stereocenters. The van der Waals surface area contributed by atoms with Crippen molar-refractivity contribution in [2.75, 3.05) is 45.2 Å². The van der Waals surface area contributed by atoms with E-state index in [1.807, 2.05) is 31.3 Å². The molecule has 3 aliphatic rings. The number of nitriles is 1. The van der Waals surface area contributed by atoms with E-state index in [-0.39, 0.29) is 28.0 Å². The third-order valence-corrected chi connectivity index (χ3v) is 9.77. The normalized spacial score (nSPS) is 23.5. The zero-order valence-corrected chi connectivity index (χ0v) is 27.6. The first-order chi connectivity index (χ1) is 19.8. The smallest absolute Gasteiger partial charge is 0.225 e. The van der Waals surface area contributed by atoms with Crippen molar-refractivity contribution in [3.8, 4) is 6.07 Å². The van der Waals surface area contributed by atoms with Crippen molar-refractivity contribution >= 4 is 29.8 Å². The van der Waals surface area contributed by atoms with Gasteiger partial charge in [0.1, 0.15) is 11.3 Å². The largest absolute Gasteiger partial charge is 0.373 e. The highest BCUT2D eigenvalue weighted by Crippen LogP contribution is 2.52. The highest BCUT2D eigenvalue weighted by Gasteiger charge is 2.43. The molecule has 0 amide bonds. The summed E-state index contributed by atoms with van der Waals surface area (Å²) in [7, 11) is 3.90. The van der Waals surface area contributed by atoms with E-state index in [2.05, 4.69) is 62.1 Å². The van der Waals surface area contributed by atoms with E-state index in [1.165, 1.54) is 10.6 Å². The number of hydrogen-bond donors (Lipinski definition) is 1. The van der Waals surface area contributed by atoms with Gasteiger partial charge in [-0.25, -0.2) is 9.97 Å². The number of rotatable bonds is 9. The Labute approximate surface area is 257 Å². The van der Waals surface area contributed by atoms with E-state index in [0.717, 1.165) is 75.5 Å². The van der Waals surface area contributed by atoms with Crippen LogP contribution < -0.4 is 4.90 Å². The van der Waals surface area contributed by atoms with Gasteiger partial charge in [0.15, 0.2) is 0 Å². The summed E-state index contributed by atoms with van der Waals surface area (Å²) >= 11 is 1.73. The molecular formula is C33H50N8S. The fraction of sp³-hybridized carbons (Fsp3) is 0.667. The predicted molar refractivity (Wildman–Crippen MR) is 176 cm³/mol. The number of nitrogens with zero attached hydrogens (tertiary/aromatic N) is 7. The minimum atomic E-state index is -0.331. The molecule has 9 heteroatoms. The lowest BCUT2D eigenvalue weighted by molar-refractivity contribution is 0.303. The molecule has 42 heavy (non-hydrogen) atoms. The molecule has 0 bridgehead atoms. The molecule has 0 saturated carbocycles. The molecule has 3 heterocycles. The van der Waals surface area contributed by atoms with Crippen LogP contribution in [0.4, 0.5) is 5.95 Å². The number of hydrogen-bond acceptors (Lipinski definition) is 8. The molecule has 2 aliphatic heterocycles. The summed E-state index contributed by atoms with van der Waals surface area (Å²) in [5, 5.41) is 19.3. The van der Waals surface area contributed by atoms with Crippen LogP contribution in [-0.2, 0) is 5.41 Å². The van der Waals surface area contributed by atoms with Gasteiger partial charge >= 0.3 is 0 Å².